The van der Waals surface area contributed by atoms with E-state index in [9.17, 15) is 13.8 Å². The molecular formula is C10H10ClNO4S. The van der Waals surface area contributed by atoms with Gasteiger partial charge < -0.3 is 10.4 Å². The number of hydrogen-bond acceptors (Lipinski definition) is 3. The van der Waals surface area contributed by atoms with E-state index in [0.717, 1.165) is 0 Å². The molecule has 1 aromatic carbocycles. The Hall–Kier alpha value is -1.40. The Balaban J connectivity index is 2.47. The molecule has 1 amide bonds. The number of anilines is 1. The van der Waals surface area contributed by atoms with Gasteiger partial charge in [-0.3, -0.25) is 13.8 Å². The molecule has 0 bridgehead atoms. The zero-order valence-corrected chi connectivity index (χ0v) is 10.3. The number of rotatable bonds is 5. The molecule has 5 nitrogen and oxygen atoms in total. The number of carbonyl (C=O) groups is 2. The minimum atomic E-state index is -1.70. The molecule has 0 radical (unpaired) electrons. The van der Waals surface area contributed by atoms with Gasteiger partial charge in [-0.1, -0.05) is 11.6 Å². The average Bonchev–Trinajstić information content (AvgIpc) is 2.19. The Morgan fingerprint density at radius 2 is 1.82 bits per heavy atom. The molecule has 1 rings (SSSR count). The molecule has 0 fully saturated rings. The van der Waals surface area contributed by atoms with Gasteiger partial charge in [0.05, 0.1) is 0 Å². The highest BCUT2D eigenvalue weighted by atomic mass is 35.5. The first kappa shape index (κ1) is 13.7. The van der Waals surface area contributed by atoms with Crippen LogP contribution < -0.4 is 5.32 Å². The number of nitrogens with one attached hydrogen (secondary N) is 1. The fourth-order valence-electron chi connectivity index (χ4n) is 1.07. The van der Waals surface area contributed by atoms with Crippen LogP contribution in [0.4, 0.5) is 5.69 Å². The first-order valence-corrected chi connectivity index (χ1v) is 6.46. The van der Waals surface area contributed by atoms with Crippen molar-refractivity contribution in [1.29, 1.82) is 0 Å². The van der Waals surface area contributed by atoms with E-state index >= 15 is 0 Å². The van der Waals surface area contributed by atoms with Crippen molar-refractivity contribution in [2.75, 3.05) is 16.8 Å². The molecule has 0 aromatic heterocycles. The fraction of sp³-hybridized carbons (Fsp3) is 0.200. The smallest absolute Gasteiger partial charge is 0.316 e. The van der Waals surface area contributed by atoms with Gasteiger partial charge in [-0.15, -0.1) is 0 Å². The predicted molar refractivity (Wildman–Crippen MR) is 65.6 cm³/mol. The highest BCUT2D eigenvalue weighted by Crippen LogP contribution is 2.13. The quantitative estimate of drug-likeness (QED) is 0.843. The van der Waals surface area contributed by atoms with E-state index in [0.29, 0.717) is 10.7 Å². The van der Waals surface area contributed by atoms with E-state index in [1.807, 2.05) is 0 Å². The number of carboxylic acids is 1. The van der Waals surface area contributed by atoms with Crippen LogP contribution in [0.25, 0.3) is 0 Å². The number of aliphatic carboxylic acids is 1. The van der Waals surface area contributed by atoms with Gasteiger partial charge in [-0.25, -0.2) is 0 Å². The molecule has 1 unspecified atom stereocenters. The third-order valence-electron chi connectivity index (χ3n) is 1.70. The molecule has 0 aliphatic rings. The summed E-state index contributed by atoms with van der Waals surface area (Å²) in [6, 6.07) is 6.40. The number of hydrogen-bond donors (Lipinski definition) is 2. The number of carbonyl (C=O) groups excluding carboxylic acids is 1. The zero-order chi connectivity index (χ0) is 12.8. The summed E-state index contributed by atoms with van der Waals surface area (Å²) in [6.07, 6.45) is 0. The highest BCUT2D eigenvalue weighted by molar-refractivity contribution is 7.86. The van der Waals surface area contributed by atoms with Crippen LogP contribution in [-0.4, -0.2) is 32.7 Å². The van der Waals surface area contributed by atoms with Gasteiger partial charge in [-0.05, 0) is 24.3 Å². The molecular weight excluding hydrogens is 266 g/mol. The Kier molecular flexibility index (Phi) is 5.11. The molecule has 7 heteroatoms. The van der Waals surface area contributed by atoms with Crippen LogP contribution in [-0.2, 0) is 20.4 Å². The first-order valence-electron chi connectivity index (χ1n) is 4.59. The second-order valence-electron chi connectivity index (χ2n) is 3.18. The molecule has 0 spiro atoms. The Morgan fingerprint density at radius 1 is 1.24 bits per heavy atom. The topological polar surface area (TPSA) is 83.5 Å². The molecule has 17 heavy (non-hydrogen) atoms. The summed E-state index contributed by atoms with van der Waals surface area (Å²) in [5.74, 6) is -2.56. The number of halogens is 1. The average molecular weight is 276 g/mol. The van der Waals surface area contributed by atoms with Gasteiger partial charge in [0.2, 0.25) is 5.91 Å². The second kappa shape index (κ2) is 6.36. The van der Waals surface area contributed by atoms with Gasteiger partial charge >= 0.3 is 5.97 Å². The highest BCUT2D eigenvalue weighted by Gasteiger charge is 2.11. The minimum absolute atomic E-state index is 0.338. The predicted octanol–water partition coefficient (Wildman–Crippen LogP) is 1.11. The van der Waals surface area contributed by atoms with Crippen molar-refractivity contribution in [3.05, 3.63) is 29.3 Å². The van der Waals surface area contributed by atoms with Crippen LogP contribution in [0.5, 0.6) is 0 Å². The maximum absolute atomic E-state index is 11.4. The van der Waals surface area contributed by atoms with Crippen molar-refractivity contribution in [3.8, 4) is 0 Å². The Labute approximate surface area is 105 Å². The molecule has 0 aliphatic heterocycles. The van der Waals surface area contributed by atoms with E-state index in [1.165, 1.54) is 0 Å². The summed E-state index contributed by atoms with van der Waals surface area (Å²) in [6.45, 7) is 0. The van der Waals surface area contributed by atoms with E-state index in [1.54, 1.807) is 24.3 Å². The molecule has 0 saturated carbocycles. The normalized spacial score (nSPS) is 11.8. The van der Waals surface area contributed by atoms with Gasteiger partial charge in [0, 0.05) is 21.5 Å². The maximum Gasteiger partial charge on any atom is 0.316 e. The SMILES string of the molecule is O=C(O)CS(=O)CC(=O)Nc1ccc(Cl)cc1. The second-order valence-corrected chi connectivity index (χ2v) is 5.07. The monoisotopic (exact) mass is 275 g/mol. The zero-order valence-electron chi connectivity index (χ0n) is 8.68. The Bertz CT molecular complexity index is 446. The molecule has 1 atom stereocenters. The number of carboxylic acid groups (broad SMARTS) is 1. The van der Waals surface area contributed by atoms with Crippen molar-refractivity contribution in [2.24, 2.45) is 0 Å². The number of amides is 1. The van der Waals surface area contributed by atoms with Gasteiger partial charge in [0.25, 0.3) is 0 Å². The first-order chi connectivity index (χ1) is 7.97. The lowest BCUT2D eigenvalue weighted by atomic mass is 10.3. The van der Waals surface area contributed by atoms with E-state index in [-0.39, 0.29) is 5.75 Å². The van der Waals surface area contributed by atoms with Crippen LogP contribution in [0.15, 0.2) is 24.3 Å². The molecule has 0 aliphatic carbocycles. The fourth-order valence-corrected chi connectivity index (χ4v) is 1.93. The summed E-state index contributed by atoms with van der Waals surface area (Å²) in [7, 11) is -1.70. The summed E-state index contributed by atoms with van der Waals surface area (Å²) < 4.78 is 11.2. The molecule has 92 valence electrons. The molecule has 2 N–H and O–H groups in total. The van der Waals surface area contributed by atoms with Gasteiger partial charge in [0.15, 0.2) is 0 Å². The lowest BCUT2D eigenvalue weighted by molar-refractivity contribution is -0.133. The summed E-state index contributed by atoms with van der Waals surface area (Å²) in [5.41, 5.74) is 0.520. The standard InChI is InChI=1S/C10H10ClNO4S/c11-7-1-3-8(4-2-7)12-9(13)5-17(16)6-10(14)15/h1-4H,5-6H2,(H,12,13)(H,14,15). The van der Waals surface area contributed by atoms with E-state index in [2.05, 4.69) is 5.32 Å². The lowest BCUT2D eigenvalue weighted by Crippen LogP contribution is -2.23. The lowest BCUT2D eigenvalue weighted by Gasteiger charge is -2.04. The molecule has 0 heterocycles. The van der Waals surface area contributed by atoms with Crippen LogP contribution in [0.2, 0.25) is 5.02 Å². The third kappa shape index (κ3) is 5.46. The van der Waals surface area contributed by atoms with E-state index in [4.69, 9.17) is 16.7 Å². The van der Waals surface area contributed by atoms with Crippen LogP contribution in [0, 0.1) is 0 Å². The van der Waals surface area contributed by atoms with Crippen molar-refractivity contribution < 1.29 is 18.9 Å². The summed E-state index contributed by atoms with van der Waals surface area (Å²) in [4.78, 5) is 21.6. The summed E-state index contributed by atoms with van der Waals surface area (Å²) >= 11 is 5.66. The minimum Gasteiger partial charge on any atom is -0.481 e. The van der Waals surface area contributed by atoms with Crippen molar-refractivity contribution in [2.45, 2.75) is 0 Å². The number of benzene rings is 1. The van der Waals surface area contributed by atoms with Crippen LogP contribution in [0.3, 0.4) is 0 Å². The molecule has 0 saturated heterocycles. The summed E-state index contributed by atoms with van der Waals surface area (Å²) in [5, 5.41) is 11.4. The third-order valence-corrected chi connectivity index (χ3v) is 3.11. The van der Waals surface area contributed by atoms with Crippen molar-refractivity contribution >= 4 is 40.0 Å². The molecule has 1 aromatic rings. The van der Waals surface area contributed by atoms with Gasteiger partial charge in [-0.2, -0.15) is 0 Å². The van der Waals surface area contributed by atoms with Crippen LogP contribution in [0.1, 0.15) is 0 Å². The largest absolute Gasteiger partial charge is 0.481 e. The maximum atomic E-state index is 11.4. The van der Waals surface area contributed by atoms with E-state index < -0.39 is 28.4 Å². The van der Waals surface area contributed by atoms with Crippen molar-refractivity contribution in [1.82, 2.24) is 0 Å². The van der Waals surface area contributed by atoms with Crippen LogP contribution >= 0.6 is 11.6 Å². The van der Waals surface area contributed by atoms with Crippen molar-refractivity contribution in [3.63, 3.8) is 0 Å². The Morgan fingerprint density at radius 3 is 2.35 bits per heavy atom. The van der Waals surface area contributed by atoms with Gasteiger partial charge in [0.1, 0.15) is 11.5 Å².